The van der Waals surface area contributed by atoms with E-state index in [-0.39, 0.29) is 23.7 Å². The van der Waals surface area contributed by atoms with Crippen molar-refractivity contribution in [3.63, 3.8) is 0 Å². The summed E-state index contributed by atoms with van der Waals surface area (Å²) in [5.41, 5.74) is 1.81. The Hall–Kier alpha value is -2.63. The second kappa shape index (κ2) is 7.32. The fourth-order valence-corrected chi connectivity index (χ4v) is 4.25. The molecule has 2 aliphatic heterocycles. The van der Waals surface area contributed by atoms with Gasteiger partial charge in [-0.3, -0.25) is 14.5 Å². The monoisotopic (exact) mass is 397 g/mol. The number of imide groups is 1. The van der Waals surface area contributed by atoms with Gasteiger partial charge in [0.2, 0.25) is 0 Å². The predicted molar refractivity (Wildman–Crippen MR) is 114 cm³/mol. The summed E-state index contributed by atoms with van der Waals surface area (Å²) >= 11 is 0. The number of hydrogen-bond donors (Lipinski definition) is 1. The molecule has 6 heteroatoms. The van der Waals surface area contributed by atoms with Crippen LogP contribution >= 0.6 is 0 Å². The molecule has 1 saturated heterocycles. The van der Waals surface area contributed by atoms with Crippen LogP contribution in [0.4, 0.5) is 10.5 Å². The first kappa shape index (κ1) is 21.1. The van der Waals surface area contributed by atoms with Crippen LogP contribution in [0.5, 0.6) is 0 Å². The molecule has 29 heavy (non-hydrogen) atoms. The number of hydrogen-bond acceptors (Lipinski definition) is 4. The summed E-state index contributed by atoms with van der Waals surface area (Å²) in [6.07, 6.45) is 2.96. The third-order valence-electron chi connectivity index (χ3n) is 6.12. The van der Waals surface area contributed by atoms with Crippen molar-refractivity contribution in [1.82, 2.24) is 10.2 Å². The fraction of sp³-hybridized carbons (Fsp3) is 0.522. The van der Waals surface area contributed by atoms with Crippen LogP contribution in [-0.2, 0) is 15.0 Å². The Morgan fingerprint density at radius 3 is 2.45 bits per heavy atom. The molecule has 0 bridgehead atoms. The van der Waals surface area contributed by atoms with E-state index in [2.05, 4.69) is 39.1 Å². The van der Waals surface area contributed by atoms with Crippen LogP contribution in [0.25, 0.3) is 0 Å². The van der Waals surface area contributed by atoms with Gasteiger partial charge in [-0.1, -0.05) is 45.9 Å². The highest BCUT2D eigenvalue weighted by Gasteiger charge is 2.48. The molecule has 3 amide bonds. The first-order valence-electron chi connectivity index (χ1n) is 10.2. The van der Waals surface area contributed by atoms with E-state index in [1.54, 1.807) is 13.0 Å². The topological polar surface area (TPSA) is 69.7 Å². The van der Waals surface area contributed by atoms with Gasteiger partial charge in [0.15, 0.2) is 5.78 Å². The van der Waals surface area contributed by atoms with Crippen LogP contribution in [0.15, 0.2) is 36.0 Å². The number of allylic oxidation sites excluding steroid dienone is 1. The Bertz CT molecular complexity index is 887. The van der Waals surface area contributed by atoms with E-state index in [9.17, 15) is 14.4 Å². The average Bonchev–Trinajstić information content (AvgIpc) is 2.98. The van der Waals surface area contributed by atoms with Crippen LogP contribution in [0.2, 0.25) is 0 Å². The molecule has 0 unspecified atom stereocenters. The molecule has 1 atom stereocenters. The molecule has 1 fully saturated rings. The maximum atomic E-state index is 12.9. The average molecular weight is 398 g/mol. The lowest BCUT2D eigenvalue weighted by Crippen LogP contribution is -2.44. The highest BCUT2D eigenvalue weighted by molar-refractivity contribution is 6.10. The van der Waals surface area contributed by atoms with E-state index in [1.165, 1.54) is 0 Å². The predicted octanol–water partition coefficient (Wildman–Crippen LogP) is 3.61. The van der Waals surface area contributed by atoms with Crippen molar-refractivity contribution >= 4 is 23.4 Å². The summed E-state index contributed by atoms with van der Waals surface area (Å²) in [4.78, 5) is 41.1. The lowest BCUT2D eigenvalue weighted by molar-refractivity contribution is -0.133. The molecule has 6 nitrogen and oxygen atoms in total. The second-order valence-corrected chi connectivity index (χ2v) is 9.28. The van der Waals surface area contributed by atoms with Gasteiger partial charge in [0, 0.05) is 29.9 Å². The number of benzene rings is 1. The summed E-state index contributed by atoms with van der Waals surface area (Å²) < 4.78 is 0. The van der Waals surface area contributed by atoms with Crippen molar-refractivity contribution in [2.45, 2.75) is 58.4 Å². The number of fused-ring (bicyclic) bond motifs is 1. The standard InChI is InChI=1S/C23H31N3O3/c1-15(2)11-12-23(5)20(28)26(21(29)24-23)14-16(27)13-19-22(3,4)17-9-7-8-10-18(17)25(19)6/h7-10,13,15H,11-12,14H2,1-6H3,(H,24,29)/t23-/m1/s1. The summed E-state index contributed by atoms with van der Waals surface area (Å²) in [6, 6.07) is 7.57. The van der Waals surface area contributed by atoms with Gasteiger partial charge < -0.3 is 10.2 Å². The third kappa shape index (κ3) is 3.68. The van der Waals surface area contributed by atoms with Gasteiger partial charge in [-0.25, -0.2) is 4.79 Å². The summed E-state index contributed by atoms with van der Waals surface area (Å²) in [7, 11) is 1.93. The summed E-state index contributed by atoms with van der Waals surface area (Å²) in [5.74, 6) is -0.153. The Morgan fingerprint density at radius 1 is 1.17 bits per heavy atom. The van der Waals surface area contributed by atoms with Crippen LogP contribution in [0, 0.1) is 5.92 Å². The van der Waals surface area contributed by atoms with Gasteiger partial charge in [-0.05, 0) is 37.3 Å². The molecular formula is C23H31N3O3. The van der Waals surface area contributed by atoms with Crippen molar-refractivity contribution in [2.24, 2.45) is 5.92 Å². The molecule has 2 aliphatic rings. The third-order valence-corrected chi connectivity index (χ3v) is 6.12. The van der Waals surface area contributed by atoms with E-state index < -0.39 is 11.6 Å². The van der Waals surface area contributed by atoms with Gasteiger partial charge in [0.05, 0.1) is 6.54 Å². The van der Waals surface area contributed by atoms with Crippen LogP contribution in [-0.4, -0.2) is 41.8 Å². The molecule has 1 aromatic carbocycles. The molecule has 0 saturated carbocycles. The van der Waals surface area contributed by atoms with E-state index in [0.717, 1.165) is 28.3 Å². The molecule has 0 spiro atoms. The first-order chi connectivity index (χ1) is 13.5. The van der Waals surface area contributed by atoms with Crippen molar-refractivity contribution < 1.29 is 14.4 Å². The number of carbonyl (C=O) groups excluding carboxylic acids is 3. The number of anilines is 1. The van der Waals surface area contributed by atoms with Crippen molar-refractivity contribution in [3.05, 3.63) is 41.6 Å². The van der Waals surface area contributed by atoms with E-state index >= 15 is 0 Å². The zero-order chi connectivity index (χ0) is 21.6. The molecule has 1 aromatic rings. The molecule has 0 aliphatic carbocycles. The van der Waals surface area contributed by atoms with Crippen molar-refractivity contribution in [3.8, 4) is 0 Å². The van der Waals surface area contributed by atoms with Gasteiger partial charge in [0.1, 0.15) is 5.54 Å². The molecule has 156 valence electrons. The number of likely N-dealkylation sites (N-methyl/N-ethyl adjacent to an activating group) is 1. The number of nitrogens with zero attached hydrogens (tertiary/aromatic N) is 2. The van der Waals surface area contributed by atoms with Crippen LogP contribution < -0.4 is 10.2 Å². The molecular weight excluding hydrogens is 366 g/mol. The van der Waals surface area contributed by atoms with Crippen LogP contribution in [0.3, 0.4) is 0 Å². The minimum absolute atomic E-state index is 0.244. The number of urea groups is 1. The largest absolute Gasteiger partial charge is 0.347 e. The van der Waals surface area contributed by atoms with Gasteiger partial charge in [0.25, 0.3) is 5.91 Å². The van der Waals surface area contributed by atoms with Crippen molar-refractivity contribution in [1.29, 1.82) is 0 Å². The lowest BCUT2D eigenvalue weighted by Gasteiger charge is -2.24. The molecule has 3 rings (SSSR count). The minimum atomic E-state index is -0.936. The Kier molecular flexibility index (Phi) is 5.32. The van der Waals surface area contributed by atoms with Gasteiger partial charge in [-0.15, -0.1) is 0 Å². The van der Waals surface area contributed by atoms with Gasteiger partial charge >= 0.3 is 6.03 Å². The van der Waals surface area contributed by atoms with Crippen LogP contribution in [0.1, 0.15) is 53.0 Å². The number of rotatable bonds is 6. The number of ketones is 1. The van der Waals surface area contributed by atoms with E-state index in [4.69, 9.17) is 0 Å². The Morgan fingerprint density at radius 2 is 1.83 bits per heavy atom. The first-order valence-corrected chi connectivity index (χ1v) is 10.2. The lowest BCUT2D eigenvalue weighted by atomic mass is 9.83. The highest BCUT2D eigenvalue weighted by Crippen LogP contribution is 2.46. The summed E-state index contributed by atoms with van der Waals surface area (Å²) in [6.45, 7) is 9.80. The van der Waals surface area contributed by atoms with E-state index in [1.807, 2.05) is 30.1 Å². The fourth-order valence-electron chi connectivity index (χ4n) is 4.25. The normalized spacial score (nSPS) is 24.4. The smallest absolute Gasteiger partial charge is 0.325 e. The molecule has 0 radical (unpaired) electrons. The highest BCUT2D eigenvalue weighted by atomic mass is 16.2. The number of amides is 3. The summed E-state index contributed by atoms with van der Waals surface area (Å²) in [5, 5.41) is 2.78. The molecule has 0 aromatic heterocycles. The Labute approximate surface area is 172 Å². The van der Waals surface area contributed by atoms with Gasteiger partial charge in [-0.2, -0.15) is 0 Å². The number of nitrogens with one attached hydrogen (secondary N) is 1. The zero-order valence-electron chi connectivity index (χ0n) is 18.2. The quantitative estimate of drug-likeness (QED) is 0.588. The van der Waals surface area contributed by atoms with E-state index in [0.29, 0.717) is 12.3 Å². The second-order valence-electron chi connectivity index (χ2n) is 9.28. The van der Waals surface area contributed by atoms with Crippen molar-refractivity contribution in [2.75, 3.05) is 18.5 Å². The molecule has 1 N–H and O–H groups in total. The Balaban J connectivity index is 1.77. The molecule has 2 heterocycles. The zero-order valence-corrected chi connectivity index (χ0v) is 18.2. The SMILES string of the molecule is CC(C)CC[C@@]1(C)NC(=O)N(CC(=O)C=C2N(C)c3ccccc3C2(C)C)C1=O. The number of para-hydroxylation sites is 1. The number of carbonyl (C=O) groups is 3. The maximum Gasteiger partial charge on any atom is 0.325 e. The minimum Gasteiger partial charge on any atom is -0.347 e. The maximum absolute atomic E-state index is 12.9.